The fourth-order valence-corrected chi connectivity index (χ4v) is 23.3. The SMILES string of the molecule is CC1C(=O)OC(=O)C1C.CCC(C)(C)C(=O)OC1(C)CCCC1.CCC(C)[SiH]1O[Si](C)(C)O[Si](C)(C)O[Si](C)(C)O1. The second kappa shape index (κ2) is 14.9. The molecular formula is C28H58O9Si4. The van der Waals surface area contributed by atoms with Crippen molar-refractivity contribution in [2.75, 3.05) is 0 Å². The van der Waals surface area contributed by atoms with Crippen LogP contribution in [0, 0.1) is 17.3 Å². The number of hydrogen-bond acceptors (Lipinski definition) is 9. The number of hydrogen-bond donors (Lipinski definition) is 0. The van der Waals surface area contributed by atoms with Crippen molar-refractivity contribution in [3.8, 4) is 0 Å². The number of carbonyl (C=O) groups excluding carboxylic acids is 3. The molecule has 0 N–H and O–H groups in total. The van der Waals surface area contributed by atoms with Gasteiger partial charge in [0.1, 0.15) is 5.60 Å². The standard InChI is InChI=1S/C12H22O2.C10H28O4Si4.C6H8O3/c1-5-11(2,3)10(13)14-12(4)8-6-7-9-12;1-9-10(2)15-11-16(3,4)13-18(7,8)14-17(5,6)12-15;1-3-4(2)6(8)9-5(3)7/h5-9H2,1-4H3;10,15H,9H2,1-8H3;3-4H,1-2H3. The van der Waals surface area contributed by atoms with Crippen LogP contribution in [0.4, 0.5) is 0 Å². The third-order valence-corrected chi connectivity index (χ3v) is 23.7. The molecule has 0 radical (unpaired) electrons. The Hall–Kier alpha value is -0.682. The van der Waals surface area contributed by atoms with Crippen LogP contribution in [0.3, 0.4) is 0 Å². The molecule has 2 saturated heterocycles. The highest BCUT2D eigenvalue weighted by Gasteiger charge is 2.48. The second-order valence-electron chi connectivity index (χ2n) is 14.0. The fraction of sp³-hybridized carbons (Fsp3) is 0.893. The van der Waals surface area contributed by atoms with E-state index in [1.165, 1.54) is 12.8 Å². The maximum absolute atomic E-state index is 11.8. The maximum Gasteiger partial charge on any atom is 0.317 e. The van der Waals surface area contributed by atoms with Crippen LogP contribution in [0.1, 0.15) is 93.9 Å². The molecule has 240 valence electrons. The number of rotatable bonds is 5. The summed E-state index contributed by atoms with van der Waals surface area (Å²) < 4.78 is 35.1. The lowest BCUT2D eigenvalue weighted by Crippen LogP contribution is -2.61. The molecule has 3 rings (SSSR count). The summed E-state index contributed by atoms with van der Waals surface area (Å²) >= 11 is 0. The van der Waals surface area contributed by atoms with Gasteiger partial charge in [-0.3, -0.25) is 14.4 Å². The molecule has 9 nitrogen and oxygen atoms in total. The molecule has 41 heavy (non-hydrogen) atoms. The van der Waals surface area contributed by atoms with E-state index in [0.29, 0.717) is 5.54 Å². The summed E-state index contributed by atoms with van der Waals surface area (Å²) in [6.45, 7) is 28.4. The van der Waals surface area contributed by atoms with Gasteiger partial charge in [-0.2, -0.15) is 0 Å². The smallest absolute Gasteiger partial charge is 0.317 e. The highest BCUT2D eigenvalue weighted by Crippen LogP contribution is 2.35. The summed E-state index contributed by atoms with van der Waals surface area (Å²) in [5.41, 5.74) is -0.00611. The topological polar surface area (TPSA) is 107 Å². The minimum Gasteiger partial charge on any atom is -0.459 e. The molecule has 13 heteroatoms. The molecule has 3 fully saturated rings. The van der Waals surface area contributed by atoms with E-state index in [1.54, 1.807) is 13.8 Å². The van der Waals surface area contributed by atoms with Gasteiger partial charge < -0.3 is 25.9 Å². The minimum absolute atomic E-state index is 0.0376. The number of carbonyl (C=O) groups is 3. The van der Waals surface area contributed by atoms with E-state index < -0.39 is 46.9 Å². The molecule has 0 amide bonds. The Morgan fingerprint density at radius 3 is 1.66 bits per heavy atom. The van der Waals surface area contributed by atoms with Gasteiger partial charge in [0.05, 0.1) is 17.3 Å². The van der Waals surface area contributed by atoms with Gasteiger partial charge in [0.2, 0.25) is 0 Å². The molecule has 1 aliphatic carbocycles. The average Bonchev–Trinajstić information content (AvgIpc) is 3.34. The molecular weight excluding hydrogens is 593 g/mol. The van der Waals surface area contributed by atoms with Crippen LogP contribution < -0.4 is 0 Å². The van der Waals surface area contributed by atoms with E-state index in [9.17, 15) is 14.4 Å². The lowest BCUT2D eigenvalue weighted by molar-refractivity contribution is -0.168. The lowest BCUT2D eigenvalue weighted by Gasteiger charge is -2.44. The zero-order valence-electron chi connectivity index (χ0n) is 28.2. The van der Waals surface area contributed by atoms with E-state index in [4.69, 9.17) is 21.2 Å². The van der Waals surface area contributed by atoms with Gasteiger partial charge in [-0.15, -0.1) is 0 Å². The molecule has 1 saturated carbocycles. The van der Waals surface area contributed by atoms with Crippen LogP contribution in [0.15, 0.2) is 0 Å². The Balaban J connectivity index is 0.000000324. The molecule has 3 atom stereocenters. The Morgan fingerprint density at radius 1 is 0.927 bits per heavy atom. The monoisotopic (exact) mass is 650 g/mol. The molecule has 0 aromatic rings. The van der Waals surface area contributed by atoms with E-state index in [0.717, 1.165) is 25.7 Å². The van der Waals surface area contributed by atoms with Crippen LogP contribution in [-0.2, 0) is 40.3 Å². The van der Waals surface area contributed by atoms with E-state index in [-0.39, 0.29) is 28.8 Å². The van der Waals surface area contributed by atoms with Gasteiger partial charge in [0.15, 0.2) is 0 Å². The number of ether oxygens (including phenoxy) is 2. The second-order valence-corrected chi connectivity index (χ2v) is 27.8. The molecule has 0 aromatic heterocycles. The van der Waals surface area contributed by atoms with Crippen molar-refractivity contribution in [2.24, 2.45) is 17.3 Å². The number of cyclic esters (lactones) is 2. The summed E-state index contributed by atoms with van der Waals surface area (Å²) in [7, 11) is -8.06. The minimum atomic E-state index is -2.12. The molecule has 3 aliphatic rings. The van der Waals surface area contributed by atoms with Crippen LogP contribution in [-0.4, -0.2) is 58.5 Å². The van der Waals surface area contributed by atoms with Gasteiger partial charge in [0.25, 0.3) is 0 Å². The van der Waals surface area contributed by atoms with Crippen molar-refractivity contribution in [3.63, 3.8) is 0 Å². The van der Waals surface area contributed by atoms with Gasteiger partial charge in [-0.25, -0.2) is 0 Å². The normalized spacial score (nSPS) is 27.7. The first kappa shape index (κ1) is 38.3. The van der Waals surface area contributed by atoms with Crippen molar-refractivity contribution in [1.82, 2.24) is 0 Å². The number of esters is 3. The van der Waals surface area contributed by atoms with Crippen LogP contribution in [0.25, 0.3) is 0 Å². The van der Waals surface area contributed by atoms with Crippen molar-refractivity contribution in [1.29, 1.82) is 0 Å². The van der Waals surface area contributed by atoms with E-state index >= 15 is 0 Å². The van der Waals surface area contributed by atoms with Gasteiger partial charge >= 0.3 is 52.9 Å². The summed E-state index contributed by atoms with van der Waals surface area (Å²) in [5.74, 6) is -1.33. The van der Waals surface area contributed by atoms with Crippen molar-refractivity contribution in [2.45, 2.75) is 144 Å². The molecule has 3 unspecified atom stereocenters. The summed E-state index contributed by atoms with van der Waals surface area (Å²) in [4.78, 5) is 32.9. The van der Waals surface area contributed by atoms with Gasteiger partial charge in [0, 0.05) is 0 Å². The average molecular weight is 651 g/mol. The first-order valence-corrected chi connectivity index (χ1v) is 25.3. The lowest BCUT2D eigenvalue weighted by atomic mass is 9.90. The molecule has 0 bridgehead atoms. The predicted molar refractivity (Wildman–Crippen MR) is 170 cm³/mol. The highest BCUT2D eigenvalue weighted by molar-refractivity contribution is 6.89. The van der Waals surface area contributed by atoms with Gasteiger partial charge in [-0.1, -0.05) is 41.0 Å². The zero-order valence-corrected chi connectivity index (χ0v) is 32.4. The Morgan fingerprint density at radius 2 is 1.34 bits per heavy atom. The van der Waals surface area contributed by atoms with Crippen LogP contribution in [0.2, 0.25) is 44.8 Å². The van der Waals surface area contributed by atoms with E-state index in [1.807, 2.05) is 20.8 Å². The van der Waals surface area contributed by atoms with Crippen molar-refractivity contribution < 1.29 is 40.3 Å². The van der Waals surface area contributed by atoms with Crippen LogP contribution >= 0.6 is 0 Å². The highest BCUT2D eigenvalue weighted by atomic mass is 28.5. The first-order chi connectivity index (χ1) is 18.5. The molecule has 0 aromatic carbocycles. The van der Waals surface area contributed by atoms with Gasteiger partial charge in [-0.05, 0) is 97.7 Å². The quantitative estimate of drug-likeness (QED) is 0.180. The zero-order chi connectivity index (χ0) is 32.0. The van der Waals surface area contributed by atoms with Crippen molar-refractivity contribution >= 4 is 52.9 Å². The largest absolute Gasteiger partial charge is 0.459 e. The Bertz CT molecular complexity index is 861. The summed E-state index contributed by atoms with van der Waals surface area (Å²) in [6.07, 6.45) is 6.36. The molecule has 2 heterocycles. The van der Waals surface area contributed by atoms with Crippen LogP contribution in [0.5, 0.6) is 0 Å². The third-order valence-electron chi connectivity index (χ3n) is 8.02. The Kier molecular flexibility index (Phi) is 13.9. The summed E-state index contributed by atoms with van der Waals surface area (Å²) in [6, 6.07) is 0. The van der Waals surface area contributed by atoms with Crippen molar-refractivity contribution in [3.05, 3.63) is 0 Å². The third kappa shape index (κ3) is 12.4. The summed E-state index contributed by atoms with van der Waals surface area (Å²) in [5, 5.41) is 0. The Labute approximate surface area is 254 Å². The molecule has 0 spiro atoms. The predicted octanol–water partition coefficient (Wildman–Crippen LogP) is 6.83. The first-order valence-electron chi connectivity index (χ1n) is 15.2. The van der Waals surface area contributed by atoms with E-state index in [2.05, 4.69) is 64.8 Å². The molecule has 2 aliphatic heterocycles. The fourth-order valence-electron chi connectivity index (χ4n) is 4.69. The maximum atomic E-state index is 11.8.